The number of nitrogens with zero attached hydrogens (tertiary/aromatic N) is 3. The maximum absolute atomic E-state index is 12.9. The first-order valence-corrected chi connectivity index (χ1v) is 10.6. The molecule has 0 fully saturated rings. The number of sulfonamides is 1. The molecular weight excluding hydrogens is 448 g/mol. The van der Waals surface area contributed by atoms with Crippen LogP contribution >= 0.6 is 11.6 Å². The van der Waals surface area contributed by atoms with Crippen LogP contribution in [0.5, 0.6) is 11.5 Å². The van der Waals surface area contributed by atoms with Gasteiger partial charge in [0, 0.05) is 17.2 Å². The topological polar surface area (TPSA) is 137 Å². The zero-order valence-corrected chi connectivity index (χ0v) is 17.3. The van der Waals surface area contributed by atoms with E-state index < -0.39 is 14.9 Å². The molecule has 0 amide bonds. The summed E-state index contributed by atoms with van der Waals surface area (Å²) in [6, 6.07) is 12.8. The van der Waals surface area contributed by atoms with Gasteiger partial charge in [0.25, 0.3) is 15.7 Å². The zero-order chi connectivity index (χ0) is 22.2. The molecule has 4 aromatic rings. The minimum atomic E-state index is -4.16. The predicted molar refractivity (Wildman–Crippen MR) is 112 cm³/mol. The van der Waals surface area contributed by atoms with E-state index in [9.17, 15) is 18.5 Å². The zero-order valence-electron chi connectivity index (χ0n) is 15.8. The summed E-state index contributed by atoms with van der Waals surface area (Å²) in [7, 11) is -4.16. The van der Waals surface area contributed by atoms with Gasteiger partial charge in [-0.15, -0.1) is 0 Å². The highest BCUT2D eigenvalue weighted by Crippen LogP contribution is 2.32. The van der Waals surface area contributed by atoms with E-state index in [-0.39, 0.29) is 33.1 Å². The summed E-state index contributed by atoms with van der Waals surface area (Å²) >= 11 is 6.00. The van der Waals surface area contributed by atoms with Crippen molar-refractivity contribution in [2.24, 2.45) is 0 Å². The van der Waals surface area contributed by atoms with E-state index in [1.54, 1.807) is 25.1 Å². The van der Waals surface area contributed by atoms with Crippen LogP contribution in [0.25, 0.3) is 11.0 Å². The van der Waals surface area contributed by atoms with Crippen LogP contribution < -0.4 is 9.46 Å². The summed E-state index contributed by atoms with van der Waals surface area (Å²) in [5.74, 6) is 0.449. The average Bonchev–Trinajstić information content (AvgIpc) is 3.19. The Kier molecular flexibility index (Phi) is 5.21. The quantitative estimate of drug-likeness (QED) is 0.323. The van der Waals surface area contributed by atoms with Crippen molar-refractivity contribution in [1.82, 2.24) is 10.3 Å². The number of non-ortho nitro benzene ring substituents is 1. The summed E-state index contributed by atoms with van der Waals surface area (Å²) < 4.78 is 38.4. The van der Waals surface area contributed by atoms with Gasteiger partial charge in [-0.1, -0.05) is 17.7 Å². The summed E-state index contributed by atoms with van der Waals surface area (Å²) in [6.45, 7) is 1.78. The molecule has 0 aliphatic heterocycles. The lowest BCUT2D eigenvalue weighted by Crippen LogP contribution is -2.13. The second-order valence-corrected chi connectivity index (χ2v) is 8.54. The lowest BCUT2D eigenvalue weighted by Gasteiger charge is -2.11. The standard InChI is InChI=1S/C19H13ClN4O6S/c1-11-7-14(5-6-16(11)20)29-15-9-12(8-13(10-15)24(25)26)23-31(27,28)18-4-2-3-17-19(18)22-30-21-17/h2-10,23H,1H3. The molecule has 0 unspecified atom stereocenters. The normalized spacial score (nSPS) is 11.4. The lowest BCUT2D eigenvalue weighted by atomic mass is 10.2. The molecule has 1 heterocycles. The van der Waals surface area contributed by atoms with Gasteiger partial charge in [0.15, 0.2) is 5.52 Å². The van der Waals surface area contributed by atoms with Gasteiger partial charge < -0.3 is 4.74 Å². The highest BCUT2D eigenvalue weighted by atomic mass is 35.5. The minimum Gasteiger partial charge on any atom is -0.457 e. The van der Waals surface area contributed by atoms with Crippen LogP contribution in [0, 0.1) is 17.0 Å². The van der Waals surface area contributed by atoms with Crippen LogP contribution in [0.4, 0.5) is 11.4 Å². The Hall–Kier alpha value is -3.70. The number of fused-ring (bicyclic) bond motifs is 1. The van der Waals surface area contributed by atoms with Crippen molar-refractivity contribution in [3.8, 4) is 11.5 Å². The van der Waals surface area contributed by atoms with Crippen molar-refractivity contribution in [2.75, 3.05) is 4.72 Å². The molecule has 158 valence electrons. The number of hydrogen-bond acceptors (Lipinski definition) is 8. The Balaban J connectivity index is 1.71. The number of nitro benzene ring substituents is 1. The molecule has 0 bridgehead atoms. The molecule has 0 aliphatic rings. The molecule has 0 spiro atoms. The first-order valence-electron chi connectivity index (χ1n) is 8.70. The van der Waals surface area contributed by atoms with Gasteiger partial charge >= 0.3 is 0 Å². The fraction of sp³-hybridized carbons (Fsp3) is 0.0526. The predicted octanol–water partition coefficient (Wildman–Crippen LogP) is 4.69. The van der Waals surface area contributed by atoms with Crippen molar-refractivity contribution in [1.29, 1.82) is 0 Å². The minimum absolute atomic E-state index is 0.0357. The van der Waals surface area contributed by atoms with Crippen molar-refractivity contribution >= 4 is 44.0 Å². The van der Waals surface area contributed by atoms with E-state index in [1.165, 1.54) is 30.3 Å². The molecular formula is C19H13ClN4O6S. The molecule has 0 aliphatic carbocycles. The average molecular weight is 461 g/mol. The third-order valence-corrected chi connectivity index (χ3v) is 6.09. The number of ether oxygens (including phenoxy) is 1. The van der Waals surface area contributed by atoms with Crippen LogP contribution in [0.1, 0.15) is 5.56 Å². The molecule has 31 heavy (non-hydrogen) atoms. The molecule has 4 rings (SSSR count). The second-order valence-electron chi connectivity index (χ2n) is 6.48. The van der Waals surface area contributed by atoms with Crippen molar-refractivity contribution in [3.63, 3.8) is 0 Å². The SMILES string of the molecule is Cc1cc(Oc2cc(NS(=O)(=O)c3cccc4nonc34)cc([N+](=O)[O-])c2)ccc1Cl. The van der Waals surface area contributed by atoms with Gasteiger partial charge in [-0.25, -0.2) is 13.0 Å². The van der Waals surface area contributed by atoms with Crippen LogP contribution in [-0.2, 0) is 10.0 Å². The van der Waals surface area contributed by atoms with Crippen LogP contribution in [0.3, 0.4) is 0 Å². The van der Waals surface area contributed by atoms with E-state index in [1.807, 2.05) is 0 Å². The fourth-order valence-corrected chi connectivity index (χ4v) is 4.14. The Bertz CT molecular complexity index is 1420. The number of anilines is 1. The highest BCUT2D eigenvalue weighted by molar-refractivity contribution is 7.93. The smallest absolute Gasteiger partial charge is 0.275 e. The Morgan fingerprint density at radius 3 is 2.65 bits per heavy atom. The molecule has 3 aromatic carbocycles. The van der Waals surface area contributed by atoms with E-state index >= 15 is 0 Å². The summed E-state index contributed by atoms with van der Waals surface area (Å²) in [6.07, 6.45) is 0. The number of hydrogen-bond donors (Lipinski definition) is 1. The largest absolute Gasteiger partial charge is 0.457 e. The van der Waals surface area contributed by atoms with E-state index in [4.69, 9.17) is 16.3 Å². The van der Waals surface area contributed by atoms with Gasteiger partial charge in [-0.3, -0.25) is 14.8 Å². The van der Waals surface area contributed by atoms with Crippen LogP contribution in [0.2, 0.25) is 5.02 Å². The number of nitro groups is 1. The summed E-state index contributed by atoms with van der Waals surface area (Å²) in [4.78, 5) is 10.5. The van der Waals surface area contributed by atoms with E-state index in [2.05, 4.69) is 19.7 Å². The molecule has 0 saturated carbocycles. The first-order chi connectivity index (χ1) is 14.7. The van der Waals surface area contributed by atoms with Crippen molar-refractivity contribution in [2.45, 2.75) is 11.8 Å². The monoisotopic (exact) mass is 460 g/mol. The van der Waals surface area contributed by atoms with Crippen molar-refractivity contribution < 1.29 is 22.7 Å². The number of benzene rings is 3. The second kappa shape index (κ2) is 7.85. The Morgan fingerprint density at radius 1 is 1.10 bits per heavy atom. The van der Waals surface area contributed by atoms with Crippen LogP contribution in [0.15, 0.2) is 64.1 Å². The fourth-order valence-electron chi connectivity index (χ4n) is 2.83. The third-order valence-electron chi connectivity index (χ3n) is 4.26. The molecule has 12 heteroatoms. The molecule has 10 nitrogen and oxygen atoms in total. The van der Waals surface area contributed by atoms with Gasteiger partial charge in [0.05, 0.1) is 16.7 Å². The molecule has 0 radical (unpaired) electrons. The third kappa shape index (κ3) is 4.27. The number of aromatic nitrogens is 2. The van der Waals surface area contributed by atoms with Gasteiger partial charge in [-0.2, -0.15) is 0 Å². The number of rotatable bonds is 6. The first kappa shape index (κ1) is 20.6. The molecule has 0 saturated heterocycles. The molecule has 1 aromatic heterocycles. The number of nitrogens with one attached hydrogen (secondary N) is 1. The van der Waals surface area contributed by atoms with E-state index in [0.29, 0.717) is 10.8 Å². The van der Waals surface area contributed by atoms with Gasteiger partial charge in [0.2, 0.25) is 0 Å². The summed E-state index contributed by atoms with van der Waals surface area (Å²) in [5.41, 5.74) is 0.614. The lowest BCUT2D eigenvalue weighted by molar-refractivity contribution is -0.384. The summed E-state index contributed by atoms with van der Waals surface area (Å²) in [5, 5.41) is 19.1. The maximum Gasteiger partial charge on any atom is 0.275 e. The Morgan fingerprint density at radius 2 is 1.90 bits per heavy atom. The highest BCUT2D eigenvalue weighted by Gasteiger charge is 2.22. The number of halogens is 1. The van der Waals surface area contributed by atoms with E-state index in [0.717, 1.165) is 11.6 Å². The molecule has 1 N–H and O–H groups in total. The van der Waals surface area contributed by atoms with Gasteiger partial charge in [-0.05, 0) is 53.1 Å². The van der Waals surface area contributed by atoms with Gasteiger partial charge in [0.1, 0.15) is 21.9 Å². The molecule has 0 atom stereocenters. The van der Waals surface area contributed by atoms with Crippen LogP contribution in [-0.4, -0.2) is 23.7 Å². The van der Waals surface area contributed by atoms with Crippen molar-refractivity contribution in [3.05, 3.63) is 75.3 Å². The Labute approximate surface area is 180 Å². The number of aryl methyl sites for hydroxylation is 1. The maximum atomic E-state index is 12.9.